The summed E-state index contributed by atoms with van der Waals surface area (Å²) in [4.78, 5) is 1.76. The van der Waals surface area contributed by atoms with Gasteiger partial charge in [-0.15, -0.1) is 0 Å². The van der Waals surface area contributed by atoms with E-state index in [0.29, 0.717) is 4.90 Å². The van der Waals surface area contributed by atoms with Crippen LogP contribution in [0.15, 0.2) is 58.3 Å². The SMILES string of the molecule is CNC1=CCCc2cc(Sc3ccccc3F)ccc21. The fourth-order valence-electron chi connectivity index (χ4n) is 2.48. The van der Waals surface area contributed by atoms with Crippen molar-refractivity contribution >= 4 is 17.5 Å². The molecule has 2 aromatic carbocycles. The van der Waals surface area contributed by atoms with Crippen LogP contribution in [0.5, 0.6) is 0 Å². The number of hydrogen-bond donors (Lipinski definition) is 1. The number of nitrogens with one attached hydrogen (secondary N) is 1. The molecule has 0 unspecified atom stereocenters. The summed E-state index contributed by atoms with van der Waals surface area (Å²) in [6.45, 7) is 0. The summed E-state index contributed by atoms with van der Waals surface area (Å²) in [6.07, 6.45) is 4.33. The monoisotopic (exact) mass is 285 g/mol. The third-order valence-electron chi connectivity index (χ3n) is 3.46. The number of rotatable bonds is 3. The Balaban J connectivity index is 1.90. The van der Waals surface area contributed by atoms with Crippen molar-refractivity contribution < 1.29 is 4.39 Å². The van der Waals surface area contributed by atoms with Crippen molar-refractivity contribution in [3.05, 3.63) is 65.5 Å². The second-order valence-electron chi connectivity index (χ2n) is 4.76. The number of hydrogen-bond acceptors (Lipinski definition) is 2. The highest BCUT2D eigenvalue weighted by Crippen LogP contribution is 2.33. The van der Waals surface area contributed by atoms with Gasteiger partial charge < -0.3 is 5.32 Å². The summed E-state index contributed by atoms with van der Waals surface area (Å²) >= 11 is 1.48. The van der Waals surface area contributed by atoms with E-state index < -0.39 is 0 Å². The average molecular weight is 285 g/mol. The molecule has 1 aliphatic rings. The third-order valence-corrected chi connectivity index (χ3v) is 4.50. The summed E-state index contributed by atoms with van der Waals surface area (Å²) < 4.78 is 13.7. The third kappa shape index (κ3) is 2.59. The lowest BCUT2D eigenvalue weighted by atomic mass is 9.95. The van der Waals surface area contributed by atoms with Crippen molar-refractivity contribution in [2.45, 2.75) is 22.6 Å². The molecule has 0 atom stereocenters. The highest BCUT2D eigenvalue weighted by Gasteiger charge is 2.12. The van der Waals surface area contributed by atoms with Crippen LogP contribution in [0.3, 0.4) is 0 Å². The van der Waals surface area contributed by atoms with Gasteiger partial charge in [0.2, 0.25) is 0 Å². The predicted octanol–water partition coefficient (Wildman–Crippen LogP) is 4.48. The minimum absolute atomic E-state index is 0.161. The van der Waals surface area contributed by atoms with Gasteiger partial charge >= 0.3 is 0 Å². The fraction of sp³-hybridized carbons (Fsp3) is 0.176. The molecule has 0 bridgehead atoms. The molecule has 0 heterocycles. The Labute approximate surface area is 122 Å². The maximum Gasteiger partial charge on any atom is 0.137 e. The van der Waals surface area contributed by atoms with Crippen LogP contribution in [0.2, 0.25) is 0 Å². The zero-order chi connectivity index (χ0) is 13.9. The van der Waals surface area contributed by atoms with Gasteiger partial charge in [-0.1, -0.05) is 36.0 Å². The zero-order valence-corrected chi connectivity index (χ0v) is 12.1. The van der Waals surface area contributed by atoms with Gasteiger partial charge in [0.05, 0.1) is 0 Å². The number of halogens is 1. The quantitative estimate of drug-likeness (QED) is 0.892. The van der Waals surface area contributed by atoms with E-state index in [1.165, 1.54) is 34.7 Å². The number of aryl methyl sites for hydroxylation is 1. The molecule has 1 aliphatic carbocycles. The van der Waals surface area contributed by atoms with Gasteiger partial charge in [0.25, 0.3) is 0 Å². The van der Waals surface area contributed by atoms with E-state index >= 15 is 0 Å². The zero-order valence-electron chi connectivity index (χ0n) is 11.3. The highest BCUT2D eigenvalue weighted by molar-refractivity contribution is 7.99. The van der Waals surface area contributed by atoms with E-state index in [9.17, 15) is 4.39 Å². The summed E-state index contributed by atoms with van der Waals surface area (Å²) in [5, 5.41) is 3.23. The lowest BCUT2D eigenvalue weighted by Gasteiger charge is -2.18. The minimum Gasteiger partial charge on any atom is -0.388 e. The molecule has 20 heavy (non-hydrogen) atoms. The summed E-state index contributed by atoms with van der Waals surface area (Å²) in [5.41, 5.74) is 3.78. The summed E-state index contributed by atoms with van der Waals surface area (Å²) in [7, 11) is 1.95. The van der Waals surface area contributed by atoms with E-state index in [4.69, 9.17) is 0 Å². The van der Waals surface area contributed by atoms with E-state index in [0.717, 1.165) is 17.7 Å². The van der Waals surface area contributed by atoms with Crippen LogP contribution in [0.1, 0.15) is 17.5 Å². The molecule has 0 aliphatic heterocycles. The van der Waals surface area contributed by atoms with Gasteiger partial charge in [-0.3, -0.25) is 0 Å². The predicted molar refractivity (Wildman–Crippen MR) is 82.3 cm³/mol. The number of allylic oxidation sites excluding steroid dienone is 1. The van der Waals surface area contributed by atoms with Crippen LogP contribution >= 0.6 is 11.8 Å². The molecule has 2 aromatic rings. The molecule has 3 rings (SSSR count). The Bertz CT molecular complexity index is 664. The van der Waals surface area contributed by atoms with E-state index in [1.807, 2.05) is 19.2 Å². The van der Waals surface area contributed by atoms with Crippen LogP contribution in [-0.4, -0.2) is 7.05 Å². The van der Waals surface area contributed by atoms with E-state index in [1.54, 1.807) is 6.07 Å². The van der Waals surface area contributed by atoms with Crippen LogP contribution in [0.4, 0.5) is 4.39 Å². The molecule has 0 aromatic heterocycles. The molecule has 1 nitrogen and oxygen atoms in total. The normalized spacial score (nSPS) is 13.6. The first-order valence-electron chi connectivity index (χ1n) is 6.71. The highest BCUT2D eigenvalue weighted by atomic mass is 32.2. The first-order valence-corrected chi connectivity index (χ1v) is 7.53. The average Bonchev–Trinajstić information content (AvgIpc) is 2.49. The van der Waals surface area contributed by atoms with E-state index in [2.05, 4.69) is 29.6 Å². The minimum atomic E-state index is -0.161. The topological polar surface area (TPSA) is 12.0 Å². The standard InChI is InChI=1S/C17H16FNS/c1-19-16-7-4-5-12-11-13(9-10-14(12)16)20-17-8-3-2-6-15(17)18/h2-3,6-11,19H,4-5H2,1H3. The molecule has 0 radical (unpaired) electrons. The van der Waals surface area contributed by atoms with Crippen molar-refractivity contribution in [2.75, 3.05) is 7.05 Å². The molecule has 1 N–H and O–H groups in total. The van der Waals surface area contributed by atoms with Gasteiger partial charge in [-0.05, 0) is 42.7 Å². The van der Waals surface area contributed by atoms with Crippen molar-refractivity contribution in [3.63, 3.8) is 0 Å². The molecule has 0 spiro atoms. The number of benzene rings is 2. The second kappa shape index (κ2) is 5.71. The summed E-state index contributed by atoms with van der Waals surface area (Å²) in [6, 6.07) is 13.3. The van der Waals surface area contributed by atoms with Crippen LogP contribution in [-0.2, 0) is 6.42 Å². The number of fused-ring (bicyclic) bond motifs is 1. The van der Waals surface area contributed by atoms with Crippen molar-refractivity contribution in [1.29, 1.82) is 0 Å². The molecule has 0 fully saturated rings. The Morgan fingerprint density at radius 2 is 2.00 bits per heavy atom. The molecule has 0 saturated carbocycles. The smallest absolute Gasteiger partial charge is 0.137 e. The molecule has 3 heteroatoms. The Hall–Kier alpha value is -1.74. The van der Waals surface area contributed by atoms with Gasteiger partial charge in [0, 0.05) is 28.1 Å². The second-order valence-corrected chi connectivity index (χ2v) is 5.87. The van der Waals surface area contributed by atoms with Crippen molar-refractivity contribution in [1.82, 2.24) is 5.32 Å². The first-order chi connectivity index (χ1) is 9.78. The van der Waals surface area contributed by atoms with Gasteiger partial charge in [-0.2, -0.15) is 0 Å². The summed E-state index contributed by atoms with van der Waals surface area (Å²) in [5.74, 6) is -0.161. The van der Waals surface area contributed by atoms with Gasteiger partial charge in [0.1, 0.15) is 5.82 Å². The van der Waals surface area contributed by atoms with Gasteiger partial charge in [-0.25, -0.2) is 4.39 Å². The Morgan fingerprint density at radius 3 is 2.80 bits per heavy atom. The van der Waals surface area contributed by atoms with Crippen molar-refractivity contribution in [2.24, 2.45) is 0 Å². The largest absolute Gasteiger partial charge is 0.388 e. The lowest BCUT2D eigenvalue weighted by Crippen LogP contribution is -2.10. The Morgan fingerprint density at radius 1 is 1.15 bits per heavy atom. The molecular formula is C17H16FNS. The fourth-order valence-corrected chi connectivity index (χ4v) is 3.38. The molecular weight excluding hydrogens is 269 g/mol. The maximum absolute atomic E-state index is 13.7. The molecule has 0 saturated heterocycles. The van der Waals surface area contributed by atoms with Crippen LogP contribution < -0.4 is 5.32 Å². The van der Waals surface area contributed by atoms with Crippen LogP contribution in [0, 0.1) is 5.82 Å². The Kier molecular flexibility index (Phi) is 3.79. The molecule has 0 amide bonds. The maximum atomic E-state index is 13.7. The van der Waals surface area contributed by atoms with E-state index in [-0.39, 0.29) is 5.82 Å². The lowest BCUT2D eigenvalue weighted by molar-refractivity contribution is 0.602. The van der Waals surface area contributed by atoms with Crippen molar-refractivity contribution in [3.8, 4) is 0 Å². The first kappa shape index (κ1) is 13.3. The molecule has 102 valence electrons. The van der Waals surface area contributed by atoms with Crippen LogP contribution in [0.25, 0.3) is 5.70 Å². The van der Waals surface area contributed by atoms with Gasteiger partial charge in [0.15, 0.2) is 0 Å².